The number of hydrogen-bond donors (Lipinski definition) is 2. The van der Waals surface area contributed by atoms with Crippen molar-refractivity contribution < 1.29 is 33.9 Å². The fourth-order valence-corrected chi connectivity index (χ4v) is 6.31. The summed E-state index contributed by atoms with van der Waals surface area (Å²) in [5.41, 5.74) is 1.96. The molecule has 1 unspecified atom stereocenters. The minimum absolute atomic E-state index is 0.0491. The van der Waals surface area contributed by atoms with Gasteiger partial charge in [0.2, 0.25) is 11.8 Å². The second kappa shape index (κ2) is 12.6. The Labute approximate surface area is 237 Å². The normalized spacial score (nSPS) is 18.8. The summed E-state index contributed by atoms with van der Waals surface area (Å²) in [6.07, 6.45) is 0. The van der Waals surface area contributed by atoms with Gasteiger partial charge >= 0.3 is 11.9 Å². The number of esters is 1. The Morgan fingerprint density at radius 1 is 1.38 bits per heavy atom. The third-order valence-electron chi connectivity index (χ3n) is 5.08. The van der Waals surface area contributed by atoms with E-state index in [2.05, 4.69) is 37.6 Å². The topological polar surface area (TPSA) is 191 Å². The molecule has 2 atom stereocenters. The summed E-state index contributed by atoms with van der Waals surface area (Å²) < 4.78 is 6.71. The number of carbonyl (C=O) groups is 4. The molecule has 39 heavy (non-hydrogen) atoms. The van der Waals surface area contributed by atoms with Gasteiger partial charge < -0.3 is 20.0 Å². The Morgan fingerprint density at radius 2 is 2.18 bits per heavy atom. The van der Waals surface area contributed by atoms with E-state index in [0.717, 1.165) is 0 Å². The molecule has 15 nitrogen and oxygen atoms in total. The maximum atomic E-state index is 13.2. The van der Waals surface area contributed by atoms with E-state index < -0.39 is 41.8 Å². The fraction of sp³-hybridized carbons (Fsp3) is 0.350. The van der Waals surface area contributed by atoms with Gasteiger partial charge in [-0.1, -0.05) is 35.1 Å². The van der Waals surface area contributed by atoms with Crippen LogP contribution in [0, 0.1) is 0 Å². The number of rotatable bonds is 12. The summed E-state index contributed by atoms with van der Waals surface area (Å²) in [4.78, 5) is 60.1. The van der Waals surface area contributed by atoms with Crippen LogP contribution in [-0.4, -0.2) is 101 Å². The van der Waals surface area contributed by atoms with E-state index >= 15 is 0 Å². The van der Waals surface area contributed by atoms with Gasteiger partial charge in [-0.05, 0) is 16.0 Å². The quantitative estimate of drug-likeness (QED) is 0.108. The first kappa shape index (κ1) is 28.5. The van der Waals surface area contributed by atoms with Gasteiger partial charge in [-0.3, -0.25) is 14.5 Å². The molecule has 4 rings (SSSR count). The number of carbonyl (C=O) groups excluding carboxylic acids is 3. The van der Waals surface area contributed by atoms with Crippen LogP contribution in [0.4, 0.5) is 0 Å². The molecule has 19 heteroatoms. The molecule has 0 radical (unpaired) electrons. The van der Waals surface area contributed by atoms with Crippen LogP contribution in [0.2, 0.25) is 0 Å². The Hall–Kier alpha value is -3.48. The number of oxime groups is 1. The second-order valence-corrected chi connectivity index (χ2v) is 11.1. The number of aryl methyl sites for hydroxylation is 1. The van der Waals surface area contributed by atoms with E-state index in [-0.39, 0.29) is 28.7 Å². The molecule has 1 saturated heterocycles. The van der Waals surface area contributed by atoms with Crippen molar-refractivity contribution in [1.29, 1.82) is 0 Å². The van der Waals surface area contributed by atoms with Crippen LogP contribution >= 0.6 is 46.5 Å². The van der Waals surface area contributed by atoms with Gasteiger partial charge in [0.25, 0.3) is 11.8 Å². The van der Waals surface area contributed by atoms with Gasteiger partial charge in [-0.15, -0.1) is 28.2 Å². The van der Waals surface area contributed by atoms with Crippen LogP contribution in [0.3, 0.4) is 0 Å². The summed E-state index contributed by atoms with van der Waals surface area (Å²) in [6.45, 7) is 2.48. The summed E-state index contributed by atoms with van der Waals surface area (Å²) in [6, 6.07) is -1.01. The van der Waals surface area contributed by atoms with E-state index in [1.807, 2.05) is 0 Å². The highest BCUT2D eigenvalue weighted by molar-refractivity contribution is 8.01. The Bertz CT molecular complexity index is 1360. The third kappa shape index (κ3) is 6.57. The Kier molecular flexibility index (Phi) is 9.20. The predicted octanol–water partition coefficient (Wildman–Crippen LogP) is 0.214. The van der Waals surface area contributed by atoms with Gasteiger partial charge in [0.15, 0.2) is 5.71 Å². The molecule has 4 heterocycles. The van der Waals surface area contributed by atoms with Crippen molar-refractivity contribution >= 4 is 75.9 Å². The summed E-state index contributed by atoms with van der Waals surface area (Å²) in [7, 11) is 1.67. The zero-order valence-corrected chi connectivity index (χ0v) is 23.2. The lowest BCUT2D eigenvalue weighted by atomic mass is 10.0. The maximum Gasteiger partial charge on any atom is 0.355 e. The average molecular weight is 615 g/mol. The van der Waals surface area contributed by atoms with Gasteiger partial charge in [0.1, 0.15) is 29.4 Å². The molecular formula is C20H19ClN8O7S3. The first-order valence-electron chi connectivity index (χ1n) is 10.8. The molecule has 0 saturated carbocycles. The minimum atomic E-state index is -1.28. The van der Waals surface area contributed by atoms with Crippen LogP contribution < -0.4 is 5.32 Å². The Morgan fingerprint density at radius 3 is 2.82 bits per heavy atom. The van der Waals surface area contributed by atoms with Crippen molar-refractivity contribution in [3.05, 3.63) is 39.5 Å². The van der Waals surface area contributed by atoms with Crippen molar-refractivity contribution in [2.75, 3.05) is 24.7 Å². The molecule has 2 N–H and O–H groups in total. The van der Waals surface area contributed by atoms with Crippen LogP contribution in [0.15, 0.2) is 44.1 Å². The fourth-order valence-electron chi connectivity index (χ4n) is 3.39. The molecule has 1 fully saturated rings. The van der Waals surface area contributed by atoms with E-state index in [9.17, 15) is 19.2 Å². The predicted molar refractivity (Wildman–Crippen MR) is 140 cm³/mol. The number of amides is 2. The number of halogens is 1. The number of β-lactam (4-membered cyclic amide) rings is 1. The van der Waals surface area contributed by atoms with Gasteiger partial charge in [0.05, 0.1) is 5.51 Å². The number of ether oxygens (including phenoxy) is 1. The monoisotopic (exact) mass is 614 g/mol. The SMILES string of the molecule is C=C(Cl)COC(=O)C1=C(CSc2nnnn2C)CS[C@@H]2C(NC(=O)/C(=N\OCC(=O)O)c3cscn3)C(=O)N12. The molecule has 0 aromatic carbocycles. The summed E-state index contributed by atoms with van der Waals surface area (Å²) in [5, 5.41) is 27.8. The molecule has 2 aromatic rings. The number of carboxylic acid groups (broad SMARTS) is 1. The number of thiazole rings is 1. The highest BCUT2D eigenvalue weighted by atomic mass is 35.5. The number of aromatic nitrogens is 5. The molecular weight excluding hydrogens is 596 g/mol. The molecule has 2 amide bonds. The highest BCUT2D eigenvalue weighted by Gasteiger charge is 2.54. The average Bonchev–Trinajstić information content (AvgIpc) is 3.58. The molecule has 0 bridgehead atoms. The smallest absolute Gasteiger partial charge is 0.355 e. The van der Waals surface area contributed by atoms with Gasteiger partial charge in [0, 0.05) is 29.0 Å². The number of carboxylic acids is 1. The maximum absolute atomic E-state index is 13.2. The van der Waals surface area contributed by atoms with Crippen molar-refractivity contribution in [3.63, 3.8) is 0 Å². The van der Waals surface area contributed by atoms with E-state index in [4.69, 9.17) is 26.3 Å². The van der Waals surface area contributed by atoms with Crippen molar-refractivity contribution in [2.45, 2.75) is 16.6 Å². The van der Waals surface area contributed by atoms with E-state index in [0.29, 0.717) is 22.2 Å². The summed E-state index contributed by atoms with van der Waals surface area (Å²) in [5.74, 6) is -2.76. The second-order valence-electron chi connectivity index (χ2n) is 7.76. The highest BCUT2D eigenvalue weighted by Crippen LogP contribution is 2.42. The van der Waals surface area contributed by atoms with Gasteiger partial charge in [-0.25, -0.2) is 19.3 Å². The largest absolute Gasteiger partial charge is 0.479 e. The van der Waals surface area contributed by atoms with Crippen LogP contribution in [0.25, 0.3) is 0 Å². The summed E-state index contributed by atoms with van der Waals surface area (Å²) >= 11 is 9.55. The zero-order chi connectivity index (χ0) is 28.1. The molecule has 2 aromatic heterocycles. The molecule has 0 spiro atoms. The molecule has 0 aliphatic carbocycles. The molecule has 2 aliphatic rings. The van der Waals surface area contributed by atoms with Crippen LogP contribution in [0.5, 0.6) is 0 Å². The van der Waals surface area contributed by atoms with Crippen molar-refractivity contribution in [3.8, 4) is 0 Å². The number of tetrazole rings is 1. The first-order chi connectivity index (χ1) is 18.7. The lowest BCUT2D eigenvalue weighted by Gasteiger charge is -2.49. The van der Waals surface area contributed by atoms with Crippen molar-refractivity contribution in [2.24, 2.45) is 12.2 Å². The van der Waals surface area contributed by atoms with Crippen LogP contribution in [-0.2, 0) is 35.8 Å². The van der Waals surface area contributed by atoms with Crippen LogP contribution in [0.1, 0.15) is 5.69 Å². The lowest BCUT2D eigenvalue weighted by molar-refractivity contribution is -0.152. The molecule has 206 valence electrons. The molecule has 2 aliphatic heterocycles. The lowest BCUT2D eigenvalue weighted by Crippen LogP contribution is -2.71. The number of aliphatic carboxylic acids is 1. The minimum Gasteiger partial charge on any atom is -0.479 e. The van der Waals surface area contributed by atoms with Crippen molar-refractivity contribution in [1.82, 2.24) is 35.4 Å². The van der Waals surface area contributed by atoms with E-state index in [1.165, 1.54) is 55.3 Å². The van der Waals surface area contributed by atoms with Gasteiger partial charge in [-0.2, -0.15) is 0 Å². The van der Waals surface area contributed by atoms with E-state index in [1.54, 1.807) is 7.05 Å². The standard InChI is InChI=1S/C20H19ClN8O7S3/c1-9(21)3-35-19(34)15-10(6-39-20-24-26-27-28(20)2)5-38-18-14(17(33)29(15)18)23-16(32)13(11-7-37-8-22-11)25-36-4-12(30)31/h7-8,14,18H,1,3-6H2,2H3,(H,23,32)(H,30,31)/b25-13-/t14?,18-/m1/s1. The number of hydrogen-bond acceptors (Lipinski definition) is 14. The Balaban J connectivity index is 1.53. The number of fused-ring (bicyclic) bond motifs is 1. The zero-order valence-electron chi connectivity index (χ0n) is 20.0. The number of thioether (sulfide) groups is 2. The number of nitrogens with one attached hydrogen (secondary N) is 1. The first-order valence-corrected chi connectivity index (χ1v) is 14.2. The number of nitrogens with zero attached hydrogens (tertiary/aromatic N) is 7. The third-order valence-corrected chi connectivity index (χ3v) is 8.21.